The van der Waals surface area contributed by atoms with E-state index in [0.717, 1.165) is 0 Å². The second-order valence-corrected chi connectivity index (χ2v) is 4.96. The van der Waals surface area contributed by atoms with Gasteiger partial charge in [0.25, 0.3) is 5.69 Å². The molecule has 0 aliphatic carbocycles. The molecule has 0 radical (unpaired) electrons. The number of amides is 2. The standard InChI is InChI=1S/C16H16N4O5/c1-2-12-6-5-11(8-14(12)20(23)24)9-18-19-16(22)15(21)17-10-13-4-3-7-25-13/h3-9H,2,10H2,1H3,(H,17,21)(H,19,22)/b18-9-. The summed E-state index contributed by atoms with van der Waals surface area (Å²) in [4.78, 5) is 33.7. The molecule has 1 aromatic heterocycles. The molecule has 2 amide bonds. The Kier molecular flexibility index (Phi) is 5.99. The van der Waals surface area contributed by atoms with Crippen molar-refractivity contribution in [3.63, 3.8) is 0 Å². The molecule has 1 heterocycles. The summed E-state index contributed by atoms with van der Waals surface area (Å²) in [5, 5.41) is 17.0. The highest BCUT2D eigenvalue weighted by molar-refractivity contribution is 6.35. The zero-order chi connectivity index (χ0) is 18.2. The fraction of sp³-hybridized carbons (Fsp3) is 0.188. The number of furan rings is 1. The van der Waals surface area contributed by atoms with Gasteiger partial charge in [0.1, 0.15) is 5.76 Å². The van der Waals surface area contributed by atoms with Gasteiger partial charge in [-0.2, -0.15) is 5.10 Å². The predicted octanol–water partition coefficient (Wildman–Crippen LogP) is 1.52. The number of nitro groups is 1. The maximum atomic E-state index is 11.6. The van der Waals surface area contributed by atoms with Crippen molar-refractivity contribution in [1.82, 2.24) is 10.7 Å². The topological polar surface area (TPSA) is 127 Å². The van der Waals surface area contributed by atoms with Gasteiger partial charge < -0.3 is 9.73 Å². The molecule has 0 unspecified atom stereocenters. The second kappa shape index (κ2) is 8.39. The van der Waals surface area contributed by atoms with Crippen molar-refractivity contribution in [2.75, 3.05) is 0 Å². The van der Waals surface area contributed by atoms with Crippen molar-refractivity contribution >= 4 is 23.7 Å². The van der Waals surface area contributed by atoms with E-state index in [0.29, 0.717) is 23.3 Å². The van der Waals surface area contributed by atoms with Gasteiger partial charge in [0.2, 0.25) is 0 Å². The number of carbonyl (C=O) groups is 2. The van der Waals surface area contributed by atoms with Gasteiger partial charge in [0.05, 0.1) is 23.9 Å². The first-order chi connectivity index (χ1) is 12.0. The molecule has 0 saturated carbocycles. The number of hydrogen-bond acceptors (Lipinski definition) is 6. The van der Waals surface area contributed by atoms with Crippen molar-refractivity contribution in [2.45, 2.75) is 19.9 Å². The number of nitrogens with one attached hydrogen (secondary N) is 2. The van der Waals surface area contributed by atoms with Crippen LogP contribution in [0.4, 0.5) is 5.69 Å². The third-order valence-corrected chi connectivity index (χ3v) is 3.28. The smallest absolute Gasteiger partial charge is 0.329 e. The molecule has 0 atom stereocenters. The quantitative estimate of drug-likeness (QED) is 0.355. The summed E-state index contributed by atoms with van der Waals surface area (Å²) >= 11 is 0. The van der Waals surface area contributed by atoms with E-state index in [9.17, 15) is 19.7 Å². The summed E-state index contributed by atoms with van der Waals surface area (Å²) in [6, 6.07) is 7.93. The average molecular weight is 344 g/mol. The number of nitrogens with zero attached hydrogens (tertiary/aromatic N) is 2. The summed E-state index contributed by atoms with van der Waals surface area (Å²) in [5.74, 6) is -1.32. The number of benzene rings is 1. The normalized spacial score (nSPS) is 10.6. The van der Waals surface area contributed by atoms with Crippen molar-refractivity contribution in [2.24, 2.45) is 5.10 Å². The Morgan fingerprint density at radius 1 is 1.32 bits per heavy atom. The molecule has 25 heavy (non-hydrogen) atoms. The van der Waals surface area contributed by atoms with E-state index in [1.54, 1.807) is 24.3 Å². The highest BCUT2D eigenvalue weighted by atomic mass is 16.6. The number of carbonyl (C=O) groups excluding carboxylic acids is 2. The maximum absolute atomic E-state index is 11.6. The lowest BCUT2D eigenvalue weighted by atomic mass is 10.1. The monoisotopic (exact) mass is 344 g/mol. The number of hydrazone groups is 1. The predicted molar refractivity (Wildman–Crippen MR) is 88.8 cm³/mol. The highest BCUT2D eigenvalue weighted by Crippen LogP contribution is 2.19. The van der Waals surface area contributed by atoms with E-state index < -0.39 is 16.7 Å². The number of aryl methyl sites for hydroxylation is 1. The SMILES string of the molecule is CCc1ccc(/C=N\NC(=O)C(=O)NCc2ccco2)cc1[N+](=O)[O-]. The van der Waals surface area contributed by atoms with Crippen LogP contribution in [0.2, 0.25) is 0 Å². The number of rotatable bonds is 6. The third-order valence-electron chi connectivity index (χ3n) is 3.28. The van der Waals surface area contributed by atoms with E-state index in [1.807, 2.05) is 6.92 Å². The lowest BCUT2D eigenvalue weighted by Crippen LogP contribution is -2.37. The Morgan fingerprint density at radius 3 is 2.76 bits per heavy atom. The molecule has 2 N–H and O–H groups in total. The first-order valence-corrected chi connectivity index (χ1v) is 7.42. The van der Waals surface area contributed by atoms with Crippen LogP contribution in [0.3, 0.4) is 0 Å². The van der Waals surface area contributed by atoms with E-state index in [2.05, 4.69) is 15.8 Å². The molecule has 9 heteroatoms. The Hall–Kier alpha value is -3.49. The molecule has 9 nitrogen and oxygen atoms in total. The van der Waals surface area contributed by atoms with E-state index >= 15 is 0 Å². The van der Waals surface area contributed by atoms with Crippen molar-refractivity contribution < 1.29 is 18.9 Å². The lowest BCUT2D eigenvalue weighted by molar-refractivity contribution is -0.385. The van der Waals surface area contributed by atoms with Crippen LogP contribution in [0.5, 0.6) is 0 Å². The van der Waals surface area contributed by atoms with Crippen molar-refractivity contribution in [1.29, 1.82) is 0 Å². The van der Waals surface area contributed by atoms with Gasteiger partial charge in [-0.1, -0.05) is 19.1 Å². The first-order valence-electron chi connectivity index (χ1n) is 7.42. The minimum absolute atomic E-state index is 0.0195. The van der Waals surface area contributed by atoms with E-state index in [-0.39, 0.29) is 12.2 Å². The number of hydrogen-bond donors (Lipinski definition) is 2. The number of nitro benzene ring substituents is 1. The van der Waals surface area contributed by atoms with Gasteiger partial charge in [-0.25, -0.2) is 5.43 Å². The average Bonchev–Trinajstić information content (AvgIpc) is 3.12. The molecule has 130 valence electrons. The van der Waals surface area contributed by atoms with Gasteiger partial charge in [-0.15, -0.1) is 0 Å². The molecule has 0 saturated heterocycles. The molecule has 2 aromatic rings. The summed E-state index contributed by atoms with van der Waals surface area (Å²) in [7, 11) is 0. The Bertz CT molecular complexity index is 799. The minimum atomic E-state index is -0.956. The van der Waals surface area contributed by atoms with Crippen molar-refractivity contribution in [3.8, 4) is 0 Å². The summed E-state index contributed by atoms with van der Waals surface area (Å²) in [6.07, 6.45) is 3.21. The largest absolute Gasteiger partial charge is 0.467 e. The van der Waals surface area contributed by atoms with E-state index in [1.165, 1.54) is 18.5 Å². The van der Waals surface area contributed by atoms with Gasteiger partial charge >= 0.3 is 11.8 Å². The van der Waals surface area contributed by atoms with Crippen LogP contribution in [0.25, 0.3) is 0 Å². The van der Waals surface area contributed by atoms with Crippen LogP contribution < -0.4 is 10.7 Å². The second-order valence-electron chi connectivity index (χ2n) is 4.96. The van der Waals surface area contributed by atoms with Crippen LogP contribution in [0, 0.1) is 10.1 Å². The third kappa shape index (κ3) is 4.99. The molecular formula is C16H16N4O5. The van der Waals surface area contributed by atoms with Gasteiger partial charge in [0.15, 0.2) is 0 Å². The zero-order valence-electron chi connectivity index (χ0n) is 13.4. The Morgan fingerprint density at radius 2 is 2.12 bits per heavy atom. The molecular weight excluding hydrogens is 328 g/mol. The van der Waals surface area contributed by atoms with Gasteiger partial charge in [0, 0.05) is 17.2 Å². The fourth-order valence-electron chi connectivity index (χ4n) is 2.01. The molecule has 0 spiro atoms. The van der Waals surface area contributed by atoms with Gasteiger partial charge in [-0.05, 0) is 18.6 Å². The minimum Gasteiger partial charge on any atom is -0.467 e. The molecule has 0 aliphatic rings. The van der Waals surface area contributed by atoms with Crippen LogP contribution in [0.1, 0.15) is 23.8 Å². The van der Waals surface area contributed by atoms with Crippen LogP contribution >= 0.6 is 0 Å². The highest BCUT2D eigenvalue weighted by Gasteiger charge is 2.14. The van der Waals surface area contributed by atoms with Crippen LogP contribution in [-0.2, 0) is 22.6 Å². The molecule has 0 bridgehead atoms. The molecule has 2 rings (SSSR count). The summed E-state index contributed by atoms with van der Waals surface area (Å²) in [6.45, 7) is 1.89. The molecule has 1 aromatic carbocycles. The Balaban J connectivity index is 1.91. The van der Waals surface area contributed by atoms with Crippen molar-refractivity contribution in [3.05, 3.63) is 63.6 Å². The summed E-state index contributed by atoms with van der Waals surface area (Å²) < 4.78 is 5.02. The maximum Gasteiger partial charge on any atom is 0.329 e. The van der Waals surface area contributed by atoms with Crippen LogP contribution in [-0.4, -0.2) is 23.0 Å². The molecule has 0 aliphatic heterocycles. The van der Waals surface area contributed by atoms with Gasteiger partial charge in [-0.3, -0.25) is 19.7 Å². The zero-order valence-corrected chi connectivity index (χ0v) is 13.4. The van der Waals surface area contributed by atoms with Crippen LogP contribution in [0.15, 0.2) is 46.1 Å². The lowest BCUT2D eigenvalue weighted by Gasteiger charge is -2.02. The Labute approximate surface area is 142 Å². The van der Waals surface area contributed by atoms with E-state index in [4.69, 9.17) is 4.42 Å². The molecule has 0 fully saturated rings. The summed E-state index contributed by atoms with van der Waals surface area (Å²) in [5.41, 5.74) is 3.07. The fourth-order valence-corrected chi connectivity index (χ4v) is 2.01. The first kappa shape index (κ1) is 17.9.